The van der Waals surface area contributed by atoms with Crippen molar-refractivity contribution in [1.29, 1.82) is 0 Å². The molecule has 18 heavy (non-hydrogen) atoms. The van der Waals surface area contributed by atoms with Crippen LogP contribution in [0.5, 0.6) is 5.75 Å². The zero-order chi connectivity index (χ0) is 12.8. The number of ether oxygens (including phenoxy) is 1. The fourth-order valence-electron chi connectivity index (χ4n) is 1.44. The Labute approximate surface area is 126 Å². The lowest BCUT2D eigenvalue weighted by atomic mass is 10.1. The van der Waals surface area contributed by atoms with Crippen LogP contribution in [0.1, 0.15) is 25.0 Å². The molecule has 1 aromatic rings. The first-order valence-electron chi connectivity index (χ1n) is 5.75. The Morgan fingerprint density at radius 3 is 2.67 bits per heavy atom. The van der Waals surface area contributed by atoms with Gasteiger partial charge in [0, 0.05) is 19.2 Å². The molecular weight excluding hydrogens is 341 g/mol. The van der Waals surface area contributed by atoms with E-state index in [1.165, 1.54) is 5.56 Å². The van der Waals surface area contributed by atoms with E-state index in [0.29, 0.717) is 12.5 Å². The Kier molecular flexibility index (Phi) is 7.73. The number of nitrogens with zero attached hydrogens (tertiary/aromatic N) is 1. The van der Waals surface area contributed by atoms with E-state index in [9.17, 15) is 0 Å². The number of aryl methyl sites for hydroxylation is 1. The van der Waals surface area contributed by atoms with E-state index in [-0.39, 0.29) is 30.1 Å². The Morgan fingerprint density at radius 1 is 1.44 bits per heavy atom. The van der Waals surface area contributed by atoms with Gasteiger partial charge in [0.2, 0.25) is 0 Å². The summed E-state index contributed by atoms with van der Waals surface area (Å²) < 4.78 is 5.77. The van der Waals surface area contributed by atoms with Crippen LogP contribution in [-0.4, -0.2) is 19.1 Å². The summed E-state index contributed by atoms with van der Waals surface area (Å²) >= 11 is 0. The van der Waals surface area contributed by atoms with Crippen molar-refractivity contribution in [2.45, 2.75) is 33.4 Å². The third-order valence-electron chi connectivity index (χ3n) is 2.29. The first-order chi connectivity index (χ1) is 8.02. The first kappa shape index (κ1) is 17.0. The summed E-state index contributed by atoms with van der Waals surface area (Å²) in [6.07, 6.45) is 0.160. The van der Waals surface area contributed by atoms with Gasteiger partial charge in [0.1, 0.15) is 5.75 Å². The molecule has 3 N–H and O–H groups in total. The van der Waals surface area contributed by atoms with Crippen LogP contribution in [0.2, 0.25) is 0 Å². The lowest BCUT2D eigenvalue weighted by Gasteiger charge is -2.15. The van der Waals surface area contributed by atoms with Crippen molar-refractivity contribution in [2.75, 3.05) is 7.05 Å². The Morgan fingerprint density at radius 2 is 2.11 bits per heavy atom. The molecule has 1 rings (SSSR count). The van der Waals surface area contributed by atoms with Crippen LogP contribution in [0.4, 0.5) is 0 Å². The number of halogens is 1. The Bertz CT molecular complexity index is 405. The molecule has 5 heteroatoms. The van der Waals surface area contributed by atoms with Gasteiger partial charge in [-0.05, 0) is 32.4 Å². The fraction of sp³-hybridized carbons (Fsp3) is 0.462. The number of aliphatic imine (C=N–C) groups is 1. The molecule has 0 atom stereocenters. The highest BCUT2D eigenvalue weighted by Gasteiger charge is 2.06. The monoisotopic (exact) mass is 363 g/mol. The molecule has 4 nitrogen and oxygen atoms in total. The number of benzene rings is 1. The predicted octanol–water partition coefficient (Wildman–Crippen LogP) is 2.43. The van der Waals surface area contributed by atoms with Gasteiger partial charge in [-0.3, -0.25) is 4.99 Å². The molecule has 0 heterocycles. The van der Waals surface area contributed by atoms with E-state index >= 15 is 0 Å². The smallest absolute Gasteiger partial charge is 0.188 e. The van der Waals surface area contributed by atoms with Gasteiger partial charge in [-0.15, -0.1) is 24.0 Å². The number of nitrogens with one attached hydrogen (secondary N) is 1. The van der Waals surface area contributed by atoms with Crippen LogP contribution in [0, 0.1) is 6.92 Å². The summed E-state index contributed by atoms with van der Waals surface area (Å²) in [6.45, 7) is 6.70. The van der Waals surface area contributed by atoms with Crippen molar-refractivity contribution in [2.24, 2.45) is 10.7 Å². The minimum Gasteiger partial charge on any atom is -0.491 e. The summed E-state index contributed by atoms with van der Waals surface area (Å²) in [5.74, 6) is 1.33. The highest BCUT2D eigenvalue weighted by molar-refractivity contribution is 14.0. The highest BCUT2D eigenvalue weighted by atomic mass is 127. The SMILES string of the molecule is CN=C(N)NCc1ccc(C)cc1OC(C)C.I. The van der Waals surface area contributed by atoms with Crippen molar-refractivity contribution in [3.63, 3.8) is 0 Å². The average molecular weight is 363 g/mol. The van der Waals surface area contributed by atoms with E-state index in [1.807, 2.05) is 32.9 Å². The van der Waals surface area contributed by atoms with Crippen molar-refractivity contribution in [3.8, 4) is 5.75 Å². The fourth-order valence-corrected chi connectivity index (χ4v) is 1.44. The Balaban J connectivity index is 0.00000289. The quantitative estimate of drug-likeness (QED) is 0.491. The van der Waals surface area contributed by atoms with Crippen molar-refractivity contribution < 1.29 is 4.74 Å². The van der Waals surface area contributed by atoms with Crippen molar-refractivity contribution >= 4 is 29.9 Å². The molecule has 0 amide bonds. The summed E-state index contributed by atoms with van der Waals surface area (Å²) in [6, 6.07) is 6.14. The van der Waals surface area contributed by atoms with Gasteiger partial charge >= 0.3 is 0 Å². The molecule has 0 aliphatic rings. The van der Waals surface area contributed by atoms with E-state index < -0.39 is 0 Å². The summed E-state index contributed by atoms with van der Waals surface area (Å²) in [5.41, 5.74) is 7.86. The number of rotatable bonds is 4. The normalized spacial score (nSPS) is 11.1. The maximum atomic E-state index is 5.77. The van der Waals surface area contributed by atoms with Crippen molar-refractivity contribution in [3.05, 3.63) is 29.3 Å². The largest absolute Gasteiger partial charge is 0.491 e. The minimum absolute atomic E-state index is 0. The number of hydrogen-bond donors (Lipinski definition) is 2. The summed E-state index contributed by atoms with van der Waals surface area (Å²) in [5, 5.41) is 3.03. The topological polar surface area (TPSA) is 59.6 Å². The molecule has 0 bridgehead atoms. The highest BCUT2D eigenvalue weighted by Crippen LogP contribution is 2.21. The van der Waals surface area contributed by atoms with Crippen molar-refractivity contribution in [1.82, 2.24) is 5.32 Å². The average Bonchev–Trinajstić information content (AvgIpc) is 2.26. The number of nitrogens with two attached hydrogens (primary N) is 1. The molecule has 0 unspecified atom stereocenters. The number of hydrogen-bond acceptors (Lipinski definition) is 2. The standard InChI is InChI=1S/C13H21N3O.HI/c1-9(2)17-12-7-10(3)5-6-11(12)8-16-13(14)15-4;/h5-7,9H,8H2,1-4H3,(H3,14,15,16);1H. The molecule has 102 valence electrons. The van der Waals surface area contributed by atoms with Gasteiger partial charge in [0.05, 0.1) is 6.10 Å². The van der Waals surface area contributed by atoms with E-state index in [4.69, 9.17) is 10.5 Å². The van der Waals surface area contributed by atoms with Crippen LogP contribution in [0.25, 0.3) is 0 Å². The lowest BCUT2D eigenvalue weighted by Crippen LogP contribution is -2.31. The second-order valence-corrected chi connectivity index (χ2v) is 4.24. The maximum Gasteiger partial charge on any atom is 0.188 e. The van der Waals surface area contributed by atoms with Crippen LogP contribution in [-0.2, 0) is 6.54 Å². The molecule has 0 spiro atoms. The molecule has 0 aromatic heterocycles. The molecule has 0 aliphatic heterocycles. The van der Waals surface area contributed by atoms with Crippen LogP contribution in [0.15, 0.2) is 23.2 Å². The molecule has 0 saturated carbocycles. The second-order valence-electron chi connectivity index (χ2n) is 4.24. The zero-order valence-electron chi connectivity index (χ0n) is 11.4. The van der Waals surface area contributed by atoms with Gasteiger partial charge in [-0.2, -0.15) is 0 Å². The van der Waals surface area contributed by atoms with E-state index in [2.05, 4.69) is 16.4 Å². The van der Waals surface area contributed by atoms with Gasteiger partial charge in [-0.25, -0.2) is 0 Å². The first-order valence-corrected chi connectivity index (χ1v) is 5.75. The van der Waals surface area contributed by atoms with Gasteiger partial charge in [-0.1, -0.05) is 12.1 Å². The third-order valence-corrected chi connectivity index (χ3v) is 2.29. The van der Waals surface area contributed by atoms with Crippen LogP contribution < -0.4 is 15.8 Å². The van der Waals surface area contributed by atoms with E-state index in [1.54, 1.807) is 7.05 Å². The Hall–Kier alpha value is -0.980. The van der Waals surface area contributed by atoms with Crippen LogP contribution >= 0.6 is 24.0 Å². The zero-order valence-corrected chi connectivity index (χ0v) is 13.7. The molecule has 0 radical (unpaired) electrons. The summed E-state index contributed by atoms with van der Waals surface area (Å²) in [7, 11) is 1.66. The number of guanidine groups is 1. The van der Waals surface area contributed by atoms with Gasteiger partial charge < -0.3 is 15.8 Å². The maximum absolute atomic E-state index is 5.77. The molecule has 0 aliphatic carbocycles. The molecule has 0 saturated heterocycles. The molecule has 1 aromatic carbocycles. The third kappa shape index (κ3) is 5.57. The predicted molar refractivity (Wildman–Crippen MR) is 86.7 cm³/mol. The molecular formula is C13H22IN3O. The van der Waals surface area contributed by atoms with Gasteiger partial charge in [0.25, 0.3) is 0 Å². The lowest BCUT2D eigenvalue weighted by molar-refractivity contribution is 0.239. The van der Waals surface area contributed by atoms with Gasteiger partial charge in [0.15, 0.2) is 5.96 Å². The second kappa shape index (κ2) is 8.18. The summed E-state index contributed by atoms with van der Waals surface area (Å²) in [4.78, 5) is 3.85. The van der Waals surface area contributed by atoms with Crippen LogP contribution in [0.3, 0.4) is 0 Å². The molecule has 0 fully saturated rings. The minimum atomic E-state index is 0. The van der Waals surface area contributed by atoms with E-state index in [0.717, 1.165) is 11.3 Å².